The molecule has 0 N–H and O–H groups in total. The van der Waals surface area contributed by atoms with Crippen molar-refractivity contribution >= 4 is 0 Å². The molecule has 20 rings (SSSR count). The normalized spacial score (nSPS) is 14.5. The van der Waals surface area contributed by atoms with Gasteiger partial charge in [-0.1, -0.05) is 404 Å². The van der Waals surface area contributed by atoms with Crippen molar-refractivity contribution in [3.63, 3.8) is 0 Å². The van der Waals surface area contributed by atoms with E-state index in [0.717, 1.165) is 71.4 Å². The molecule has 0 radical (unpaired) electrons. The van der Waals surface area contributed by atoms with Gasteiger partial charge in [0.1, 0.15) is 0 Å². The molecule has 696 valence electrons. The molecule has 7 aliphatic carbocycles. The maximum absolute atomic E-state index is 6.07. The number of hydrogen-bond acceptors (Lipinski definition) is 2. The van der Waals surface area contributed by atoms with E-state index >= 15 is 0 Å². The Balaban J connectivity index is 0.000000126. The Bertz CT molecular complexity index is 6120. The molecule has 7 aliphatic rings. The average molecular weight is 1780 g/mol. The van der Waals surface area contributed by atoms with Crippen molar-refractivity contribution in [1.29, 1.82) is 0 Å². The summed E-state index contributed by atoms with van der Waals surface area (Å²) in [4.78, 5) is 0. The molecule has 0 heterocycles. The van der Waals surface area contributed by atoms with Crippen LogP contribution in [-0.4, -0.2) is 26.4 Å². The fraction of sp³-hybridized carbons (Fsp3) is 0.383. The van der Waals surface area contributed by atoms with Crippen LogP contribution in [0.5, 0.6) is 0 Å². The molecule has 0 amide bonds. The zero-order valence-electron chi connectivity index (χ0n) is 84.0. The first-order valence-corrected chi connectivity index (χ1v) is 52.8. The van der Waals surface area contributed by atoms with Crippen molar-refractivity contribution < 1.29 is 9.47 Å². The number of unbranched alkanes of at least 4 members (excludes halogenated alkanes) is 13. The SMILES string of the molecule is C=CCCCOCCC1(CCOCCCC=C)c2cc(C)ccc2-c2ccc(C)cc21.CCCCCCC1(c2ccc3c(c2)CC3)c2cc(C)ccc2-c2ccc(C)cc21.CCCCCCC1(c2cccc(-c3ccc4c(c3)CC4)c2)c2cc(C)ccc2-c2ccc(C)cc21.CCCCCCc1ccc(C2(CCCCCc3ccc4c(c3)CC4)c3cc(C)ccc3-c3ccc(C)cc32)cc1. The quantitative estimate of drug-likeness (QED) is 0.0282. The van der Waals surface area contributed by atoms with E-state index in [4.69, 9.17) is 9.47 Å². The summed E-state index contributed by atoms with van der Waals surface area (Å²) in [6, 6.07) is 97.7. The lowest BCUT2D eigenvalue weighted by Gasteiger charge is -2.35. The summed E-state index contributed by atoms with van der Waals surface area (Å²) in [5.74, 6) is 0. The molecule has 2 nitrogen and oxygen atoms in total. The van der Waals surface area contributed by atoms with Crippen LogP contribution in [0.3, 0.4) is 0 Å². The summed E-state index contributed by atoms with van der Waals surface area (Å²) >= 11 is 0. The van der Waals surface area contributed by atoms with Gasteiger partial charge in [0.25, 0.3) is 0 Å². The first-order chi connectivity index (χ1) is 65.9. The second-order valence-electron chi connectivity index (χ2n) is 41.6. The Hall–Kier alpha value is -10.7. The summed E-state index contributed by atoms with van der Waals surface area (Å²) in [7, 11) is 0. The van der Waals surface area contributed by atoms with Gasteiger partial charge < -0.3 is 9.47 Å². The van der Waals surface area contributed by atoms with E-state index in [0.29, 0.717) is 0 Å². The van der Waals surface area contributed by atoms with Crippen molar-refractivity contribution in [2.75, 3.05) is 26.4 Å². The van der Waals surface area contributed by atoms with Gasteiger partial charge in [-0.25, -0.2) is 0 Å². The first kappa shape index (κ1) is 96.0. The van der Waals surface area contributed by atoms with Crippen LogP contribution in [0.4, 0.5) is 0 Å². The standard InChI is InChI=1S/C40H46.C35H36.C29H38O2.C29H32/c1-4-5-6-8-11-31-16-21-35(22-17-31)40(25-10-7-9-12-32-15-18-33-19-20-34(33)28-32)38-26-29(2)13-23-36(38)37-24-14-30(3)27-39(37)40;1-4-5-6-7-19-35(30-10-8-9-27(23-30)29-16-14-26-13-15-28(26)22-29)33-20-24(2)11-17-31(33)32-18-12-25(3)21-34(32)35;1-5-7-9-17-30-19-15-29(16-20-31-18-10-8-6-2)27-21-23(3)11-13-25(27)26-14-12-24(4)22-28(26)29;1-4-5-6-7-16-29(24-13-12-22-10-11-23(22)19-24)27-17-20(2)8-14-25(27)26-15-9-21(3)18-28(26)29/h13-18,21-24,26-28H,4-12,19-20,25H2,1-3H3;8-12,14,16-18,20-23H,4-7,13,15,19H2,1-3H3;5-6,11-14,21-22H,1-2,7-10,15-20H2,3-4H3;8-9,12-15,17-19H,4-7,10-11,16H2,1-3H3. The van der Waals surface area contributed by atoms with Crippen molar-refractivity contribution in [3.8, 4) is 55.6 Å². The van der Waals surface area contributed by atoms with E-state index in [1.54, 1.807) is 22.3 Å². The van der Waals surface area contributed by atoms with Gasteiger partial charge in [0.2, 0.25) is 0 Å². The maximum atomic E-state index is 6.07. The summed E-state index contributed by atoms with van der Waals surface area (Å²) in [6.07, 6.45) is 42.8. The number of rotatable bonds is 39. The van der Waals surface area contributed by atoms with Crippen LogP contribution >= 0.6 is 0 Å². The minimum atomic E-state index is -0.0910. The molecule has 0 spiro atoms. The van der Waals surface area contributed by atoms with Crippen molar-refractivity contribution in [3.05, 3.63) is 424 Å². The summed E-state index contributed by atoms with van der Waals surface area (Å²) in [5, 5.41) is 0. The highest BCUT2D eigenvalue weighted by molar-refractivity contribution is 5.88. The summed E-state index contributed by atoms with van der Waals surface area (Å²) < 4.78 is 12.1. The molecule has 0 bridgehead atoms. The lowest BCUT2D eigenvalue weighted by Crippen LogP contribution is -2.29. The van der Waals surface area contributed by atoms with Gasteiger partial charge in [0.15, 0.2) is 0 Å². The fourth-order valence-corrected chi connectivity index (χ4v) is 24.3. The van der Waals surface area contributed by atoms with Gasteiger partial charge in [-0.3, -0.25) is 0 Å². The Morgan fingerprint density at radius 3 is 0.926 bits per heavy atom. The van der Waals surface area contributed by atoms with Gasteiger partial charge in [0, 0.05) is 48.1 Å². The van der Waals surface area contributed by atoms with Crippen molar-refractivity contribution in [2.24, 2.45) is 0 Å². The predicted octanol–water partition coefficient (Wildman–Crippen LogP) is 35.0. The number of hydrogen-bond donors (Lipinski definition) is 0. The molecule has 13 aromatic rings. The van der Waals surface area contributed by atoms with E-state index in [-0.39, 0.29) is 21.7 Å². The number of fused-ring (bicyclic) bond motifs is 15. The van der Waals surface area contributed by atoms with Gasteiger partial charge in [0.05, 0.1) is 0 Å². The van der Waals surface area contributed by atoms with Gasteiger partial charge >= 0.3 is 0 Å². The molecule has 0 aliphatic heterocycles. The van der Waals surface area contributed by atoms with E-state index < -0.39 is 0 Å². The van der Waals surface area contributed by atoms with Crippen LogP contribution in [0.2, 0.25) is 0 Å². The largest absolute Gasteiger partial charge is 0.381 e. The Labute approximate surface area is 813 Å². The molecular weight excluding hydrogens is 1630 g/mol. The van der Waals surface area contributed by atoms with Crippen molar-refractivity contribution in [1.82, 2.24) is 0 Å². The number of aryl methyl sites for hydroxylation is 16. The fourth-order valence-electron chi connectivity index (χ4n) is 24.3. The molecule has 0 saturated carbocycles. The van der Waals surface area contributed by atoms with Crippen LogP contribution in [0, 0.1) is 55.4 Å². The summed E-state index contributed by atoms with van der Waals surface area (Å²) in [5.41, 5.74) is 53.5. The molecule has 0 fully saturated rings. The monoisotopic (exact) mass is 1780 g/mol. The molecule has 0 atom stereocenters. The van der Waals surface area contributed by atoms with Crippen LogP contribution in [-0.2, 0) is 82.5 Å². The smallest absolute Gasteiger partial charge is 0.0477 e. The Kier molecular flexibility index (Phi) is 31.1. The highest BCUT2D eigenvalue weighted by Crippen LogP contribution is 2.61. The Morgan fingerprint density at radius 2 is 0.556 bits per heavy atom. The van der Waals surface area contributed by atoms with E-state index in [9.17, 15) is 0 Å². The lowest BCUT2D eigenvalue weighted by molar-refractivity contribution is 0.0934. The lowest BCUT2D eigenvalue weighted by atomic mass is 9.67. The van der Waals surface area contributed by atoms with Crippen molar-refractivity contribution in [2.45, 2.75) is 303 Å². The molecule has 2 heteroatoms. The van der Waals surface area contributed by atoms with E-state index in [1.165, 1.54) is 344 Å². The van der Waals surface area contributed by atoms with Crippen LogP contribution in [0.25, 0.3) is 55.6 Å². The highest BCUT2D eigenvalue weighted by atomic mass is 16.5. The van der Waals surface area contributed by atoms with Gasteiger partial charge in [-0.2, -0.15) is 0 Å². The molecular formula is C133H152O2. The van der Waals surface area contributed by atoms with Crippen LogP contribution < -0.4 is 0 Å². The number of benzene rings is 13. The molecule has 0 aromatic heterocycles. The second kappa shape index (κ2) is 43.7. The average Bonchev–Trinajstić information content (AvgIpc) is 1.56. The molecule has 135 heavy (non-hydrogen) atoms. The number of ether oxygens (including phenoxy) is 2. The second-order valence-corrected chi connectivity index (χ2v) is 41.6. The third-order valence-corrected chi connectivity index (χ3v) is 32.0. The molecule has 13 aromatic carbocycles. The molecule has 0 unspecified atom stereocenters. The topological polar surface area (TPSA) is 18.5 Å². The maximum Gasteiger partial charge on any atom is 0.0477 e. The van der Waals surface area contributed by atoms with Gasteiger partial charge in [-0.05, 0) is 345 Å². The van der Waals surface area contributed by atoms with Crippen LogP contribution in [0.15, 0.2) is 274 Å². The first-order valence-electron chi connectivity index (χ1n) is 52.8. The minimum absolute atomic E-state index is 0.00106. The predicted molar refractivity (Wildman–Crippen MR) is 577 cm³/mol. The minimum Gasteiger partial charge on any atom is -0.381 e. The Morgan fingerprint density at radius 1 is 0.244 bits per heavy atom. The third kappa shape index (κ3) is 20.1. The zero-order chi connectivity index (χ0) is 93.6. The van der Waals surface area contributed by atoms with Gasteiger partial charge in [-0.15, -0.1) is 13.2 Å². The zero-order valence-corrected chi connectivity index (χ0v) is 84.0. The highest BCUT2D eigenvalue weighted by Gasteiger charge is 2.49. The van der Waals surface area contributed by atoms with Crippen LogP contribution in [0.1, 0.15) is 325 Å². The third-order valence-electron chi connectivity index (χ3n) is 32.0. The molecule has 0 saturated heterocycles. The van der Waals surface area contributed by atoms with E-state index in [2.05, 4.69) is 338 Å². The summed E-state index contributed by atoms with van der Waals surface area (Å²) in [6.45, 7) is 35.5. The number of allylic oxidation sites excluding steroid dienone is 2. The van der Waals surface area contributed by atoms with E-state index in [1.807, 2.05) is 12.2 Å².